The van der Waals surface area contributed by atoms with Crippen LogP contribution in [0.5, 0.6) is 5.88 Å². The molecule has 0 aliphatic carbocycles. The fourth-order valence-electron chi connectivity index (χ4n) is 4.45. The van der Waals surface area contributed by atoms with Crippen molar-refractivity contribution >= 4 is 41.2 Å². The zero-order chi connectivity index (χ0) is 27.9. The number of anilines is 1. The van der Waals surface area contributed by atoms with Gasteiger partial charge in [-0.1, -0.05) is 41.7 Å². The van der Waals surface area contributed by atoms with Crippen LogP contribution in [0.25, 0.3) is 11.2 Å². The Kier molecular flexibility index (Phi) is 7.59. The lowest BCUT2D eigenvalue weighted by molar-refractivity contribution is -0.150. The second-order valence-corrected chi connectivity index (χ2v) is 13.7. The van der Waals surface area contributed by atoms with Crippen LogP contribution in [0.1, 0.15) is 31.7 Å². The van der Waals surface area contributed by atoms with Gasteiger partial charge in [0.05, 0.1) is 20.0 Å². The molecule has 0 radical (unpaired) electrons. The molecule has 7 atom stereocenters. The molecular formula is C23H29N6O8PS. The molecular weight excluding hydrogens is 551 g/mol. The third-order valence-electron chi connectivity index (χ3n) is 6.59. The quantitative estimate of drug-likeness (QED) is 0.221. The van der Waals surface area contributed by atoms with Gasteiger partial charge < -0.3 is 34.7 Å². The van der Waals surface area contributed by atoms with E-state index < -0.39 is 48.9 Å². The topological polar surface area (TPSA) is 193 Å². The number of nitrogens with zero attached hydrogens (tertiary/aromatic N) is 4. The third-order valence-corrected chi connectivity index (χ3v) is 10.6. The normalized spacial score (nSPS) is 31.4. The first-order chi connectivity index (χ1) is 18.5. The van der Waals surface area contributed by atoms with Gasteiger partial charge in [0.15, 0.2) is 17.4 Å². The molecule has 39 heavy (non-hydrogen) atoms. The molecule has 1 unspecified atom stereocenters. The minimum Gasteiger partial charge on any atom is -0.479 e. The number of carbonyl (C=O) groups is 1. The van der Waals surface area contributed by atoms with E-state index in [0.29, 0.717) is 0 Å². The number of benzene rings is 1. The van der Waals surface area contributed by atoms with E-state index in [1.165, 1.54) is 24.9 Å². The number of imidazole rings is 1. The van der Waals surface area contributed by atoms with E-state index in [1.54, 1.807) is 6.92 Å². The number of nitrogens with two attached hydrogens (primary N) is 1. The van der Waals surface area contributed by atoms with E-state index in [0.717, 1.165) is 16.9 Å². The highest BCUT2D eigenvalue weighted by molar-refractivity contribution is 8.56. The van der Waals surface area contributed by atoms with Crippen LogP contribution in [0, 0.1) is 0 Å². The lowest BCUT2D eigenvalue weighted by Gasteiger charge is -2.27. The number of aliphatic hydroxyl groups excluding tert-OH is 1. The zero-order valence-electron chi connectivity index (χ0n) is 21.3. The highest BCUT2D eigenvalue weighted by atomic mass is 32.7. The van der Waals surface area contributed by atoms with Gasteiger partial charge in [-0.2, -0.15) is 9.97 Å². The fraction of sp³-hybridized carbons (Fsp3) is 0.478. The number of nitrogen functional groups attached to an aromatic ring is 1. The van der Waals surface area contributed by atoms with Crippen LogP contribution in [-0.2, 0) is 23.4 Å². The molecule has 210 valence electrons. The fourth-order valence-corrected chi connectivity index (χ4v) is 8.33. The maximum absolute atomic E-state index is 13.3. The van der Waals surface area contributed by atoms with Crippen molar-refractivity contribution in [2.75, 3.05) is 25.2 Å². The van der Waals surface area contributed by atoms with Crippen molar-refractivity contribution in [3.8, 4) is 5.88 Å². The van der Waals surface area contributed by atoms with Crippen molar-refractivity contribution in [2.45, 2.75) is 50.0 Å². The smallest absolute Gasteiger partial charge is 0.327 e. The van der Waals surface area contributed by atoms with Gasteiger partial charge in [-0.15, -0.1) is 0 Å². The van der Waals surface area contributed by atoms with Crippen molar-refractivity contribution in [3.05, 3.63) is 42.2 Å². The summed E-state index contributed by atoms with van der Waals surface area (Å²) in [5.74, 6) is -0.310. The maximum Gasteiger partial charge on any atom is 0.327 e. The summed E-state index contributed by atoms with van der Waals surface area (Å²) in [5, 5.41) is 24.7. The minimum atomic E-state index is -3.53. The Hall–Kier alpha value is -2.78. The van der Waals surface area contributed by atoms with E-state index in [4.69, 9.17) is 24.5 Å². The highest BCUT2D eigenvalue weighted by Gasteiger charge is 2.54. The molecule has 4 heterocycles. The number of aliphatic hydroxyl groups is 2. The molecule has 16 heteroatoms. The van der Waals surface area contributed by atoms with Crippen molar-refractivity contribution in [1.82, 2.24) is 24.6 Å². The Bertz CT molecular complexity index is 1410. The van der Waals surface area contributed by atoms with Crippen LogP contribution in [0.2, 0.25) is 0 Å². The average molecular weight is 581 g/mol. The number of aromatic nitrogens is 4. The van der Waals surface area contributed by atoms with Gasteiger partial charge in [-0.05, 0) is 19.4 Å². The summed E-state index contributed by atoms with van der Waals surface area (Å²) < 4.78 is 37.0. The van der Waals surface area contributed by atoms with Crippen LogP contribution in [0.4, 0.5) is 5.95 Å². The summed E-state index contributed by atoms with van der Waals surface area (Å²) in [6, 6.07) is 8.43. The van der Waals surface area contributed by atoms with Gasteiger partial charge in [-0.25, -0.2) is 10.1 Å². The Morgan fingerprint density at radius 2 is 2.13 bits per heavy atom. The summed E-state index contributed by atoms with van der Waals surface area (Å²) in [5.41, 5.74) is 5.33. The van der Waals surface area contributed by atoms with Crippen LogP contribution < -0.4 is 15.6 Å². The summed E-state index contributed by atoms with van der Waals surface area (Å²) in [7, 11) is 1.41. The van der Waals surface area contributed by atoms with E-state index >= 15 is 0 Å². The van der Waals surface area contributed by atoms with Gasteiger partial charge in [0.25, 0.3) is 0 Å². The third kappa shape index (κ3) is 5.35. The molecule has 0 saturated carbocycles. The Morgan fingerprint density at radius 3 is 2.85 bits per heavy atom. The van der Waals surface area contributed by atoms with Crippen molar-refractivity contribution in [2.24, 2.45) is 0 Å². The number of carbonyl (C=O) groups excluding carboxylic acids is 1. The van der Waals surface area contributed by atoms with Gasteiger partial charge in [0.2, 0.25) is 11.8 Å². The second kappa shape index (κ2) is 10.7. The SMILES string of the molecule is COc1nc(N)nc2c1ncn2[C@@H]1OC(CO[P@]2(=O)N[C@H](C(=O)O[C@H](C)c3ccccc3)CS2)[C@@H](O)[C@@]1(C)O. The molecule has 0 amide bonds. The van der Waals surface area contributed by atoms with Crippen LogP contribution in [0.3, 0.4) is 0 Å². The lowest BCUT2D eigenvalue weighted by Crippen LogP contribution is -2.44. The molecule has 2 aliphatic rings. The highest BCUT2D eigenvalue weighted by Crippen LogP contribution is 2.61. The van der Waals surface area contributed by atoms with Crippen molar-refractivity contribution in [3.63, 3.8) is 0 Å². The molecule has 2 saturated heterocycles. The van der Waals surface area contributed by atoms with Crippen molar-refractivity contribution < 1.29 is 38.3 Å². The van der Waals surface area contributed by atoms with E-state index in [-0.39, 0.29) is 35.4 Å². The molecule has 1 aromatic carbocycles. The predicted octanol–water partition coefficient (Wildman–Crippen LogP) is 1.56. The monoisotopic (exact) mass is 580 g/mol. The van der Waals surface area contributed by atoms with Crippen LogP contribution in [0.15, 0.2) is 36.7 Å². The Labute approximate surface area is 227 Å². The minimum absolute atomic E-state index is 0.0761. The second-order valence-electron chi connectivity index (χ2n) is 9.37. The average Bonchev–Trinajstić information content (AvgIpc) is 3.57. The van der Waals surface area contributed by atoms with Gasteiger partial charge >= 0.3 is 12.7 Å². The summed E-state index contributed by atoms with van der Waals surface area (Å²) in [6.45, 7) is -0.719. The maximum atomic E-state index is 13.3. The number of fused-ring (bicyclic) bond motifs is 1. The van der Waals surface area contributed by atoms with E-state index in [9.17, 15) is 19.6 Å². The van der Waals surface area contributed by atoms with E-state index in [2.05, 4.69) is 20.0 Å². The first kappa shape index (κ1) is 27.8. The number of hydrogen-bond acceptors (Lipinski definition) is 13. The number of nitrogens with one attached hydrogen (secondary N) is 1. The number of rotatable bonds is 8. The lowest BCUT2D eigenvalue weighted by atomic mass is 9.96. The van der Waals surface area contributed by atoms with Gasteiger partial charge in [-0.3, -0.25) is 13.9 Å². The number of methoxy groups -OCH3 is 1. The van der Waals surface area contributed by atoms with E-state index in [1.807, 2.05) is 30.3 Å². The van der Waals surface area contributed by atoms with Gasteiger partial charge in [0, 0.05) is 5.75 Å². The Balaban J connectivity index is 1.23. The molecule has 5 N–H and O–H groups in total. The predicted molar refractivity (Wildman–Crippen MR) is 141 cm³/mol. The molecule has 3 aromatic rings. The number of hydrogen-bond donors (Lipinski definition) is 4. The number of esters is 1. The first-order valence-electron chi connectivity index (χ1n) is 12.0. The molecule has 0 bridgehead atoms. The van der Waals surface area contributed by atoms with Crippen LogP contribution in [-0.4, -0.2) is 79.0 Å². The van der Waals surface area contributed by atoms with Gasteiger partial charge in [0.1, 0.15) is 30.0 Å². The molecule has 5 rings (SSSR count). The summed E-state index contributed by atoms with van der Waals surface area (Å²) >= 11 is 0.956. The largest absolute Gasteiger partial charge is 0.479 e. The first-order valence-corrected chi connectivity index (χ1v) is 15.3. The summed E-state index contributed by atoms with van der Waals surface area (Å²) in [4.78, 5) is 25.0. The zero-order valence-corrected chi connectivity index (χ0v) is 23.0. The summed E-state index contributed by atoms with van der Waals surface area (Å²) in [6.07, 6.45) is -2.75. The molecule has 14 nitrogen and oxygen atoms in total. The molecule has 0 spiro atoms. The van der Waals surface area contributed by atoms with Crippen LogP contribution >= 0.6 is 18.1 Å². The molecule has 2 fully saturated rings. The van der Waals surface area contributed by atoms with Crippen molar-refractivity contribution in [1.29, 1.82) is 0 Å². The molecule has 2 aliphatic heterocycles. The Morgan fingerprint density at radius 1 is 1.38 bits per heavy atom. The molecule has 2 aromatic heterocycles. The number of ether oxygens (including phenoxy) is 3. The standard InChI is InChI=1S/C23H29N6O8PS/c1-12(13-7-5-4-6-8-13)36-20(31)14-10-39-38(33,28-14)35-9-15-17(30)23(2,32)21(37-15)29-11-25-16-18(29)26-22(24)27-19(16)34-3/h4-8,11-12,14-15,17,21,30,32H,9-10H2,1-3H3,(H,28,33)(H2,24,26,27)/t12-,14+,15?,17-,21-,23-,38-/m1/s1.